The van der Waals surface area contributed by atoms with E-state index < -0.39 is 18.2 Å². The average Bonchev–Trinajstić information content (AvgIpc) is 3.19. The lowest BCUT2D eigenvalue weighted by Gasteiger charge is -2.25. The molecule has 0 aromatic heterocycles. The summed E-state index contributed by atoms with van der Waals surface area (Å²) in [5.41, 5.74) is 0.998. The maximum absolute atomic E-state index is 12.4. The third-order valence-corrected chi connectivity index (χ3v) is 5.27. The summed E-state index contributed by atoms with van der Waals surface area (Å²) < 4.78 is 5.16. The van der Waals surface area contributed by atoms with Crippen molar-refractivity contribution in [3.05, 3.63) is 29.8 Å². The van der Waals surface area contributed by atoms with Crippen LogP contribution in [0.2, 0.25) is 0 Å². The first-order chi connectivity index (χ1) is 11.1. The molecule has 2 saturated carbocycles. The minimum Gasteiger partial charge on any atom is -0.497 e. The van der Waals surface area contributed by atoms with Crippen molar-refractivity contribution in [2.75, 3.05) is 7.11 Å². The van der Waals surface area contributed by atoms with Crippen LogP contribution in [0.25, 0.3) is 0 Å². The van der Waals surface area contributed by atoms with E-state index in [1.54, 1.807) is 7.11 Å². The summed E-state index contributed by atoms with van der Waals surface area (Å²) in [6, 6.07) is 7.16. The molecule has 2 fully saturated rings. The van der Waals surface area contributed by atoms with Crippen molar-refractivity contribution >= 4 is 5.91 Å². The highest BCUT2D eigenvalue weighted by Crippen LogP contribution is 2.36. The van der Waals surface area contributed by atoms with Gasteiger partial charge in [0.15, 0.2) is 0 Å². The molecule has 5 nitrogen and oxygen atoms in total. The van der Waals surface area contributed by atoms with Gasteiger partial charge in [-0.3, -0.25) is 4.79 Å². The molecule has 126 valence electrons. The smallest absolute Gasteiger partial charge is 0.223 e. The van der Waals surface area contributed by atoms with Crippen LogP contribution in [0.1, 0.15) is 43.6 Å². The van der Waals surface area contributed by atoms with E-state index in [1.807, 2.05) is 24.3 Å². The van der Waals surface area contributed by atoms with Gasteiger partial charge in [0.05, 0.1) is 19.3 Å². The second-order valence-electron chi connectivity index (χ2n) is 6.69. The molecular weight excluding hydrogens is 294 g/mol. The van der Waals surface area contributed by atoms with Crippen LogP contribution in [0.15, 0.2) is 24.3 Å². The lowest BCUT2D eigenvalue weighted by atomic mass is 9.93. The number of hydrogen-bond donors (Lipinski definition) is 3. The molecule has 2 aliphatic carbocycles. The second-order valence-corrected chi connectivity index (χ2v) is 6.69. The molecule has 5 heteroatoms. The van der Waals surface area contributed by atoms with E-state index in [4.69, 9.17) is 4.74 Å². The SMILES string of the molecule is COc1ccc(C2CC(O)C(O)C2NC(=O)C2CCCC2)cc1. The van der Waals surface area contributed by atoms with Crippen LogP contribution in [0.4, 0.5) is 0 Å². The highest BCUT2D eigenvalue weighted by Gasteiger charge is 2.43. The number of aliphatic hydroxyl groups excluding tert-OH is 2. The van der Waals surface area contributed by atoms with Crippen molar-refractivity contribution in [1.29, 1.82) is 0 Å². The normalized spacial score (nSPS) is 31.3. The summed E-state index contributed by atoms with van der Waals surface area (Å²) >= 11 is 0. The van der Waals surface area contributed by atoms with Crippen molar-refractivity contribution in [3.63, 3.8) is 0 Å². The quantitative estimate of drug-likeness (QED) is 0.787. The first-order valence-electron chi connectivity index (χ1n) is 8.40. The molecule has 0 aliphatic heterocycles. The molecule has 4 atom stereocenters. The predicted molar refractivity (Wildman–Crippen MR) is 86.3 cm³/mol. The molecule has 0 saturated heterocycles. The fraction of sp³-hybridized carbons (Fsp3) is 0.611. The van der Waals surface area contributed by atoms with Gasteiger partial charge >= 0.3 is 0 Å². The van der Waals surface area contributed by atoms with E-state index in [0.717, 1.165) is 37.0 Å². The number of rotatable bonds is 4. The third kappa shape index (κ3) is 3.35. The number of aliphatic hydroxyl groups is 2. The van der Waals surface area contributed by atoms with Crippen LogP contribution in [-0.4, -0.2) is 41.5 Å². The number of hydrogen-bond acceptors (Lipinski definition) is 4. The van der Waals surface area contributed by atoms with Crippen molar-refractivity contribution in [1.82, 2.24) is 5.32 Å². The third-order valence-electron chi connectivity index (χ3n) is 5.27. The number of methoxy groups -OCH3 is 1. The molecule has 23 heavy (non-hydrogen) atoms. The van der Waals surface area contributed by atoms with Gasteiger partial charge in [-0.15, -0.1) is 0 Å². The van der Waals surface area contributed by atoms with Gasteiger partial charge in [0.2, 0.25) is 5.91 Å². The van der Waals surface area contributed by atoms with Gasteiger partial charge < -0.3 is 20.3 Å². The van der Waals surface area contributed by atoms with Crippen molar-refractivity contribution < 1.29 is 19.7 Å². The molecule has 0 heterocycles. The molecule has 1 amide bonds. The molecule has 0 spiro atoms. The first-order valence-corrected chi connectivity index (χ1v) is 8.40. The molecular formula is C18H25NO4. The number of carbonyl (C=O) groups excluding carboxylic acids is 1. The Morgan fingerprint density at radius 2 is 1.83 bits per heavy atom. The lowest BCUT2D eigenvalue weighted by molar-refractivity contribution is -0.126. The molecule has 4 unspecified atom stereocenters. The monoisotopic (exact) mass is 319 g/mol. The standard InChI is InChI=1S/C18H25NO4/c1-23-13-8-6-11(7-9-13)14-10-15(20)17(21)16(14)19-18(22)12-4-2-3-5-12/h6-9,12,14-17,20-21H,2-5,10H2,1H3,(H,19,22). The van der Waals surface area contributed by atoms with Crippen LogP contribution < -0.4 is 10.1 Å². The van der Waals surface area contributed by atoms with Gasteiger partial charge in [0.25, 0.3) is 0 Å². The Labute approximate surface area is 136 Å². The highest BCUT2D eigenvalue weighted by atomic mass is 16.5. The minimum absolute atomic E-state index is 0.0131. The Kier molecular flexibility index (Phi) is 4.87. The van der Waals surface area contributed by atoms with Crippen molar-refractivity contribution in [3.8, 4) is 5.75 Å². The van der Waals surface area contributed by atoms with E-state index in [9.17, 15) is 15.0 Å². The molecule has 0 radical (unpaired) electrons. The Hall–Kier alpha value is -1.59. The summed E-state index contributed by atoms with van der Waals surface area (Å²) in [5.74, 6) is 0.742. The largest absolute Gasteiger partial charge is 0.497 e. The molecule has 2 aliphatic rings. The summed E-state index contributed by atoms with van der Waals surface area (Å²) in [7, 11) is 1.61. The summed E-state index contributed by atoms with van der Waals surface area (Å²) in [5, 5.41) is 23.3. The minimum atomic E-state index is -0.924. The van der Waals surface area contributed by atoms with Crippen molar-refractivity contribution in [2.24, 2.45) is 5.92 Å². The zero-order valence-electron chi connectivity index (χ0n) is 13.4. The van der Waals surface area contributed by atoms with Gasteiger partial charge in [-0.05, 0) is 37.0 Å². The van der Waals surface area contributed by atoms with Gasteiger partial charge in [0.1, 0.15) is 11.9 Å². The van der Waals surface area contributed by atoms with Crippen LogP contribution >= 0.6 is 0 Å². The van der Waals surface area contributed by atoms with Gasteiger partial charge in [-0.1, -0.05) is 25.0 Å². The first kappa shape index (κ1) is 16.3. The van der Waals surface area contributed by atoms with Gasteiger partial charge in [-0.2, -0.15) is 0 Å². The van der Waals surface area contributed by atoms with E-state index in [2.05, 4.69) is 5.32 Å². The van der Waals surface area contributed by atoms with Crippen LogP contribution in [0.5, 0.6) is 5.75 Å². The Balaban J connectivity index is 1.75. The number of carbonyl (C=O) groups is 1. The zero-order valence-corrected chi connectivity index (χ0v) is 13.4. The van der Waals surface area contributed by atoms with Crippen LogP contribution in [-0.2, 0) is 4.79 Å². The second kappa shape index (κ2) is 6.89. The van der Waals surface area contributed by atoms with Crippen LogP contribution in [0.3, 0.4) is 0 Å². The highest BCUT2D eigenvalue weighted by molar-refractivity contribution is 5.79. The number of nitrogens with one attached hydrogen (secondary N) is 1. The molecule has 1 aromatic rings. The number of benzene rings is 1. The van der Waals surface area contributed by atoms with E-state index in [1.165, 1.54) is 0 Å². The average molecular weight is 319 g/mol. The maximum atomic E-state index is 12.4. The van der Waals surface area contributed by atoms with E-state index in [0.29, 0.717) is 6.42 Å². The fourth-order valence-electron chi connectivity index (χ4n) is 3.87. The lowest BCUT2D eigenvalue weighted by Crippen LogP contribution is -2.47. The number of ether oxygens (including phenoxy) is 1. The van der Waals surface area contributed by atoms with E-state index in [-0.39, 0.29) is 17.7 Å². The zero-order chi connectivity index (χ0) is 16.4. The molecule has 0 bridgehead atoms. The Morgan fingerprint density at radius 3 is 2.43 bits per heavy atom. The van der Waals surface area contributed by atoms with Crippen LogP contribution in [0, 0.1) is 5.92 Å². The molecule has 1 aromatic carbocycles. The topological polar surface area (TPSA) is 78.8 Å². The fourth-order valence-corrected chi connectivity index (χ4v) is 3.87. The van der Waals surface area contributed by atoms with Gasteiger partial charge in [0, 0.05) is 11.8 Å². The molecule has 3 N–H and O–H groups in total. The maximum Gasteiger partial charge on any atom is 0.223 e. The number of amides is 1. The van der Waals surface area contributed by atoms with Gasteiger partial charge in [-0.25, -0.2) is 0 Å². The molecule has 3 rings (SSSR count). The predicted octanol–water partition coefficient (Wildman–Crippen LogP) is 1.58. The summed E-state index contributed by atoms with van der Waals surface area (Å²) in [6.45, 7) is 0. The Bertz CT molecular complexity index is 538. The van der Waals surface area contributed by atoms with E-state index >= 15 is 0 Å². The summed E-state index contributed by atoms with van der Waals surface area (Å²) in [6.07, 6.45) is 2.74. The van der Waals surface area contributed by atoms with Crippen molar-refractivity contribution in [2.45, 2.75) is 56.3 Å². The Morgan fingerprint density at radius 1 is 1.17 bits per heavy atom. The summed E-state index contributed by atoms with van der Waals surface area (Å²) in [4.78, 5) is 12.4.